The Morgan fingerprint density at radius 1 is 0.302 bits per heavy atom. The molecule has 0 N–H and O–H groups in total. The van der Waals surface area contributed by atoms with Crippen molar-refractivity contribution >= 4 is 0 Å². The molecule has 0 aromatic heterocycles. The molecule has 1 atom stereocenters. The lowest BCUT2D eigenvalue weighted by Crippen LogP contribution is -2.39. The molecule has 0 fully saturated rings. The molecule has 0 amide bonds. The molecule has 1 rings (SSSR count). The Labute approximate surface area is 273 Å². The van der Waals surface area contributed by atoms with Gasteiger partial charge >= 0.3 is 0 Å². The van der Waals surface area contributed by atoms with E-state index in [4.69, 9.17) is 0 Å². The van der Waals surface area contributed by atoms with Crippen LogP contribution in [0.5, 0.6) is 0 Å². The van der Waals surface area contributed by atoms with Crippen LogP contribution in [0.4, 0.5) is 0 Å². The summed E-state index contributed by atoms with van der Waals surface area (Å²) in [6.45, 7) is 9.48. The van der Waals surface area contributed by atoms with Gasteiger partial charge in [-0.05, 0) is 25.7 Å². The van der Waals surface area contributed by atoms with E-state index < -0.39 is 0 Å². The lowest BCUT2D eigenvalue weighted by Gasteiger charge is -2.33. The van der Waals surface area contributed by atoms with E-state index in [1.165, 1.54) is 225 Å². The topological polar surface area (TPSA) is 6.48 Å². The number of hydrogen-bond donors (Lipinski definition) is 0. The monoisotopic (exact) mass is 603 g/mol. The minimum Gasteiger partial charge on any atom is -0.356 e. The van der Waals surface area contributed by atoms with Crippen LogP contribution >= 0.6 is 0 Å². The summed E-state index contributed by atoms with van der Waals surface area (Å²) in [5.74, 6) is 0. The van der Waals surface area contributed by atoms with Crippen LogP contribution in [0, 0.1) is 0 Å². The van der Waals surface area contributed by atoms with Gasteiger partial charge in [-0.15, -0.1) is 0 Å². The largest absolute Gasteiger partial charge is 0.356 e. The van der Waals surface area contributed by atoms with E-state index in [9.17, 15) is 0 Å². The molecule has 1 aliphatic rings. The molecule has 1 aliphatic heterocycles. The van der Waals surface area contributed by atoms with Crippen molar-refractivity contribution in [3.63, 3.8) is 0 Å². The van der Waals surface area contributed by atoms with E-state index in [-0.39, 0.29) is 0 Å². The predicted molar refractivity (Wildman–Crippen MR) is 196 cm³/mol. The van der Waals surface area contributed by atoms with Gasteiger partial charge in [-0.3, -0.25) is 0 Å². The van der Waals surface area contributed by atoms with Gasteiger partial charge in [0.05, 0.1) is 0 Å². The minimum atomic E-state index is 0.640. The van der Waals surface area contributed by atoms with Crippen molar-refractivity contribution in [1.29, 1.82) is 0 Å². The molecule has 0 saturated heterocycles. The van der Waals surface area contributed by atoms with Gasteiger partial charge in [0.25, 0.3) is 0 Å². The van der Waals surface area contributed by atoms with Crippen LogP contribution in [0.25, 0.3) is 0 Å². The molecule has 0 bridgehead atoms. The molecule has 0 radical (unpaired) electrons. The van der Waals surface area contributed by atoms with Crippen molar-refractivity contribution in [2.75, 3.05) is 13.1 Å². The molecule has 1 unspecified atom stereocenters. The molecule has 43 heavy (non-hydrogen) atoms. The Bertz CT molecular complexity index is 558. The van der Waals surface area contributed by atoms with Crippen molar-refractivity contribution < 1.29 is 0 Å². The fraction of sp³-hybridized carbons (Fsp3) is 0.951. The SMILES string of the molecule is CCCCCCCCCCCCCCCCN1C=CN(CCCCCCC)C1CCCCCCCCCCCCCCC. The molecule has 0 aliphatic carbocycles. The van der Waals surface area contributed by atoms with E-state index in [1.54, 1.807) is 0 Å². The molecule has 2 nitrogen and oxygen atoms in total. The van der Waals surface area contributed by atoms with Crippen molar-refractivity contribution in [3.8, 4) is 0 Å². The van der Waals surface area contributed by atoms with Crippen molar-refractivity contribution in [3.05, 3.63) is 12.4 Å². The zero-order valence-electron chi connectivity index (χ0n) is 30.4. The van der Waals surface area contributed by atoms with Crippen molar-refractivity contribution in [2.45, 2.75) is 239 Å². The van der Waals surface area contributed by atoms with Crippen LogP contribution < -0.4 is 0 Å². The van der Waals surface area contributed by atoms with Gasteiger partial charge in [0.15, 0.2) is 0 Å². The molecule has 1 heterocycles. The lowest BCUT2D eigenvalue weighted by atomic mass is 10.0. The maximum atomic E-state index is 2.72. The zero-order valence-corrected chi connectivity index (χ0v) is 30.4. The summed E-state index contributed by atoms with van der Waals surface area (Å²) >= 11 is 0. The highest BCUT2D eigenvalue weighted by atomic mass is 15.4. The Morgan fingerprint density at radius 2 is 0.535 bits per heavy atom. The van der Waals surface area contributed by atoms with Crippen molar-refractivity contribution in [1.82, 2.24) is 9.80 Å². The number of rotatable bonds is 35. The summed E-state index contributed by atoms with van der Waals surface area (Å²) < 4.78 is 0. The van der Waals surface area contributed by atoms with Gasteiger partial charge in [-0.25, -0.2) is 0 Å². The second kappa shape index (κ2) is 32.7. The summed E-state index contributed by atoms with van der Waals surface area (Å²) in [6, 6.07) is 0. The third-order valence-electron chi connectivity index (χ3n) is 10.1. The van der Waals surface area contributed by atoms with Gasteiger partial charge < -0.3 is 9.80 Å². The molecule has 0 saturated carbocycles. The first kappa shape index (κ1) is 40.4. The highest BCUT2D eigenvalue weighted by Crippen LogP contribution is 2.24. The first-order valence-electron chi connectivity index (χ1n) is 20.5. The van der Waals surface area contributed by atoms with Gasteiger partial charge in [0.2, 0.25) is 0 Å². The quantitative estimate of drug-likeness (QED) is 0.0666. The average molecular weight is 603 g/mol. The third kappa shape index (κ3) is 25.2. The second-order valence-corrected chi connectivity index (χ2v) is 14.3. The summed E-state index contributed by atoms with van der Waals surface area (Å²) in [6.07, 6.45) is 52.9. The van der Waals surface area contributed by atoms with Crippen LogP contribution in [0.15, 0.2) is 12.4 Å². The molecule has 0 aromatic rings. The van der Waals surface area contributed by atoms with Gasteiger partial charge in [-0.2, -0.15) is 0 Å². The standard InChI is InChI=1S/C41H82N2/c1-4-7-10-13-15-17-19-21-23-25-27-29-32-35-38-43-40-39-42(37-34-31-12-9-6-3)41(43)36-33-30-28-26-24-22-20-18-16-14-11-8-5-2/h39-41H,4-38H2,1-3H3. The normalized spacial score (nSPS) is 14.9. The maximum absolute atomic E-state index is 2.72. The first-order chi connectivity index (χ1) is 21.3. The summed E-state index contributed by atoms with van der Waals surface area (Å²) in [4.78, 5) is 5.42. The van der Waals surface area contributed by atoms with Gasteiger partial charge in [0, 0.05) is 25.5 Å². The van der Waals surface area contributed by atoms with E-state index in [0.717, 1.165) is 0 Å². The predicted octanol–water partition coefficient (Wildman–Crippen LogP) is 14.3. The van der Waals surface area contributed by atoms with Crippen LogP contribution in [-0.4, -0.2) is 29.1 Å². The molecule has 256 valence electrons. The Morgan fingerprint density at radius 3 is 0.814 bits per heavy atom. The second-order valence-electron chi connectivity index (χ2n) is 14.3. The lowest BCUT2D eigenvalue weighted by molar-refractivity contribution is 0.135. The fourth-order valence-electron chi connectivity index (χ4n) is 7.07. The maximum Gasteiger partial charge on any atom is 0.101 e. The van der Waals surface area contributed by atoms with Gasteiger partial charge in [0.1, 0.15) is 6.17 Å². The minimum absolute atomic E-state index is 0.640. The summed E-state index contributed by atoms with van der Waals surface area (Å²) in [7, 11) is 0. The van der Waals surface area contributed by atoms with E-state index in [2.05, 4.69) is 43.0 Å². The Balaban J connectivity index is 2.14. The Hall–Kier alpha value is -0.660. The molecule has 2 heteroatoms. The number of nitrogens with zero attached hydrogens (tertiary/aromatic N) is 2. The van der Waals surface area contributed by atoms with E-state index in [0.29, 0.717) is 6.17 Å². The summed E-state index contributed by atoms with van der Waals surface area (Å²) in [5.41, 5.74) is 0. The van der Waals surface area contributed by atoms with Gasteiger partial charge in [-0.1, -0.05) is 207 Å². The Kier molecular flexibility index (Phi) is 30.7. The summed E-state index contributed by atoms with van der Waals surface area (Å²) in [5, 5.41) is 0. The average Bonchev–Trinajstić information content (AvgIpc) is 3.40. The van der Waals surface area contributed by atoms with Crippen molar-refractivity contribution in [2.24, 2.45) is 0 Å². The van der Waals surface area contributed by atoms with E-state index >= 15 is 0 Å². The van der Waals surface area contributed by atoms with E-state index in [1.807, 2.05) is 0 Å². The number of hydrogen-bond acceptors (Lipinski definition) is 2. The molecule has 0 aromatic carbocycles. The molecular formula is C41H82N2. The molecular weight excluding hydrogens is 520 g/mol. The van der Waals surface area contributed by atoms with Crippen LogP contribution in [0.1, 0.15) is 233 Å². The third-order valence-corrected chi connectivity index (χ3v) is 10.1. The van der Waals surface area contributed by atoms with Crippen LogP contribution in [0.3, 0.4) is 0 Å². The first-order valence-corrected chi connectivity index (χ1v) is 20.5. The van der Waals surface area contributed by atoms with Crippen LogP contribution in [0.2, 0.25) is 0 Å². The zero-order chi connectivity index (χ0) is 30.9. The smallest absolute Gasteiger partial charge is 0.101 e. The van der Waals surface area contributed by atoms with Crippen LogP contribution in [-0.2, 0) is 0 Å². The number of unbranched alkanes of at least 4 members (excludes halogenated alkanes) is 29. The highest BCUT2D eigenvalue weighted by Gasteiger charge is 2.24. The fourth-order valence-corrected chi connectivity index (χ4v) is 7.07. The molecule has 0 spiro atoms. The highest BCUT2D eigenvalue weighted by molar-refractivity contribution is 4.97.